The quantitative estimate of drug-likeness (QED) is 0.487. The lowest BCUT2D eigenvalue weighted by Gasteiger charge is -2.03. The van der Waals surface area contributed by atoms with E-state index in [1.54, 1.807) is 5.94 Å². The van der Waals surface area contributed by atoms with Crippen molar-refractivity contribution in [3.8, 4) is 0 Å². The van der Waals surface area contributed by atoms with Gasteiger partial charge in [-0.15, -0.1) is 0 Å². The summed E-state index contributed by atoms with van der Waals surface area (Å²) < 4.78 is 0. The van der Waals surface area contributed by atoms with Crippen LogP contribution in [0.4, 0.5) is 11.4 Å². The van der Waals surface area contributed by atoms with Crippen molar-refractivity contribution in [2.75, 3.05) is 0 Å². The van der Waals surface area contributed by atoms with Crippen molar-refractivity contribution in [3.63, 3.8) is 0 Å². The normalized spacial score (nSPS) is 9.71. The number of nitro groups is 2. The van der Waals surface area contributed by atoms with Gasteiger partial charge in [0.1, 0.15) is 5.94 Å². The molecular formula is C14H8N2O5. The summed E-state index contributed by atoms with van der Waals surface area (Å²) in [7, 11) is 0. The van der Waals surface area contributed by atoms with Gasteiger partial charge in [0.05, 0.1) is 15.4 Å². The molecular weight excluding hydrogens is 276 g/mol. The van der Waals surface area contributed by atoms with E-state index < -0.39 is 9.85 Å². The molecule has 104 valence electrons. The Balaban J connectivity index is 2.38. The van der Waals surface area contributed by atoms with E-state index in [2.05, 4.69) is 0 Å². The summed E-state index contributed by atoms with van der Waals surface area (Å²) in [4.78, 5) is 31.2. The highest BCUT2D eigenvalue weighted by molar-refractivity contribution is 5.97. The summed E-state index contributed by atoms with van der Waals surface area (Å²) in [6.45, 7) is 0. The Hall–Kier alpha value is -3.31. The fourth-order valence-electron chi connectivity index (χ4n) is 1.78. The minimum atomic E-state index is -0.542. The number of carbonyl (C=O) groups excluding carboxylic acids is 1. The summed E-state index contributed by atoms with van der Waals surface area (Å²) >= 11 is 0. The predicted octanol–water partition coefficient (Wildman–Crippen LogP) is 2.77. The number of non-ortho nitro benzene ring substituents is 2. The van der Waals surface area contributed by atoms with Gasteiger partial charge in [0.15, 0.2) is 0 Å². The molecule has 0 aliphatic rings. The highest BCUT2D eigenvalue weighted by Crippen LogP contribution is 2.24. The zero-order chi connectivity index (χ0) is 15.4. The van der Waals surface area contributed by atoms with Crippen LogP contribution < -0.4 is 0 Å². The minimum absolute atomic E-state index is 0.0901. The lowest BCUT2D eigenvalue weighted by atomic mass is 9.99. The van der Waals surface area contributed by atoms with Crippen molar-refractivity contribution in [3.05, 3.63) is 79.9 Å². The molecule has 2 aromatic carbocycles. The molecule has 0 heterocycles. The number of benzene rings is 2. The largest absolute Gasteiger partial charge is 0.269 e. The van der Waals surface area contributed by atoms with Crippen LogP contribution in [0, 0.1) is 20.2 Å². The van der Waals surface area contributed by atoms with Gasteiger partial charge in [-0.1, -0.05) is 0 Å². The maximum absolute atomic E-state index is 11.1. The topological polar surface area (TPSA) is 103 Å². The fraction of sp³-hybridized carbons (Fsp3) is 0. The molecule has 0 saturated heterocycles. The van der Waals surface area contributed by atoms with Crippen LogP contribution in [0.2, 0.25) is 0 Å². The van der Waals surface area contributed by atoms with Gasteiger partial charge < -0.3 is 0 Å². The Morgan fingerprint density at radius 3 is 1.33 bits per heavy atom. The van der Waals surface area contributed by atoms with Gasteiger partial charge in [-0.05, 0) is 35.4 Å². The molecule has 2 aromatic rings. The molecule has 0 aliphatic carbocycles. The van der Waals surface area contributed by atoms with Crippen molar-refractivity contribution in [1.29, 1.82) is 0 Å². The van der Waals surface area contributed by atoms with Crippen LogP contribution in [-0.4, -0.2) is 15.8 Å². The van der Waals surface area contributed by atoms with Crippen LogP contribution in [0.3, 0.4) is 0 Å². The summed E-state index contributed by atoms with van der Waals surface area (Å²) in [5, 5.41) is 21.2. The van der Waals surface area contributed by atoms with Crippen LogP contribution in [0.25, 0.3) is 5.57 Å². The second-order valence-electron chi connectivity index (χ2n) is 4.09. The summed E-state index contributed by atoms with van der Waals surface area (Å²) in [6.07, 6.45) is 0. The first-order chi connectivity index (χ1) is 10.0. The molecule has 0 unspecified atom stereocenters. The van der Waals surface area contributed by atoms with Gasteiger partial charge in [-0.25, -0.2) is 4.79 Å². The monoisotopic (exact) mass is 284 g/mol. The average molecular weight is 284 g/mol. The molecule has 0 radical (unpaired) electrons. The van der Waals surface area contributed by atoms with E-state index in [1.807, 2.05) is 0 Å². The number of hydrogen-bond donors (Lipinski definition) is 0. The lowest BCUT2D eigenvalue weighted by Crippen LogP contribution is -1.92. The SMILES string of the molecule is O=C=C(c1ccc([N+](=O)[O-])cc1)c1ccc([N+](=O)[O-])cc1. The highest BCUT2D eigenvalue weighted by atomic mass is 16.6. The number of nitrogens with zero attached hydrogens (tertiary/aromatic N) is 2. The number of nitro benzene ring substituents is 2. The summed E-state index contributed by atoms with van der Waals surface area (Å²) in [5.74, 6) is 1.76. The first kappa shape index (κ1) is 14.1. The molecule has 0 atom stereocenters. The standard InChI is InChI=1S/C14H8N2O5/c17-9-14(10-1-5-12(6-2-10)15(18)19)11-3-7-13(8-4-11)16(20)21/h1-8H. The smallest absolute Gasteiger partial charge is 0.258 e. The lowest BCUT2D eigenvalue weighted by molar-refractivity contribution is -0.385. The van der Waals surface area contributed by atoms with Crippen LogP contribution in [0.5, 0.6) is 0 Å². The van der Waals surface area contributed by atoms with E-state index in [9.17, 15) is 25.0 Å². The highest BCUT2D eigenvalue weighted by Gasteiger charge is 2.11. The molecule has 0 saturated carbocycles. The fourth-order valence-corrected chi connectivity index (χ4v) is 1.78. The molecule has 0 N–H and O–H groups in total. The maximum Gasteiger partial charge on any atom is 0.269 e. The molecule has 21 heavy (non-hydrogen) atoms. The van der Waals surface area contributed by atoms with Gasteiger partial charge >= 0.3 is 0 Å². The second kappa shape index (κ2) is 5.77. The van der Waals surface area contributed by atoms with E-state index >= 15 is 0 Å². The van der Waals surface area contributed by atoms with Gasteiger partial charge in [0, 0.05) is 24.3 Å². The third kappa shape index (κ3) is 2.99. The first-order valence-corrected chi connectivity index (χ1v) is 5.77. The van der Waals surface area contributed by atoms with E-state index in [4.69, 9.17) is 0 Å². The van der Waals surface area contributed by atoms with Gasteiger partial charge in [0.2, 0.25) is 0 Å². The zero-order valence-corrected chi connectivity index (χ0v) is 10.6. The van der Waals surface area contributed by atoms with E-state index in [0.717, 1.165) is 0 Å². The molecule has 0 bridgehead atoms. The average Bonchev–Trinajstić information content (AvgIpc) is 2.49. The van der Waals surface area contributed by atoms with Crippen LogP contribution in [0.1, 0.15) is 11.1 Å². The number of rotatable bonds is 4. The molecule has 0 aromatic heterocycles. The van der Waals surface area contributed by atoms with Gasteiger partial charge in [0.25, 0.3) is 11.4 Å². The van der Waals surface area contributed by atoms with Crippen molar-refractivity contribution in [1.82, 2.24) is 0 Å². The summed E-state index contributed by atoms with van der Waals surface area (Å²) in [5.41, 5.74) is 0.897. The van der Waals surface area contributed by atoms with E-state index in [1.165, 1.54) is 48.5 Å². The van der Waals surface area contributed by atoms with Gasteiger partial charge in [-0.3, -0.25) is 20.2 Å². The Kier molecular flexibility index (Phi) is 3.87. The Morgan fingerprint density at radius 1 is 0.762 bits per heavy atom. The maximum atomic E-state index is 11.1. The predicted molar refractivity (Wildman–Crippen MR) is 74.4 cm³/mol. The van der Waals surface area contributed by atoms with Crippen molar-refractivity contribution < 1.29 is 14.6 Å². The van der Waals surface area contributed by atoms with Crippen LogP contribution in [0.15, 0.2) is 48.5 Å². The zero-order valence-electron chi connectivity index (χ0n) is 10.6. The molecule has 0 spiro atoms. The molecule has 7 heteroatoms. The molecule has 0 amide bonds. The van der Waals surface area contributed by atoms with Crippen molar-refractivity contribution in [2.24, 2.45) is 0 Å². The molecule has 2 rings (SSSR count). The Labute approximate surface area is 118 Å². The molecule has 7 nitrogen and oxygen atoms in total. The summed E-state index contributed by atoms with van der Waals surface area (Å²) in [6, 6.07) is 10.8. The van der Waals surface area contributed by atoms with Crippen molar-refractivity contribution in [2.45, 2.75) is 0 Å². The molecule has 0 fully saturated rings. The molecule has 0 aliphatic heterocycles. The van der Waals surface area contributed by atoms with Crippen LogP contribution >= 0.6 is 0 Å². The number of hydrogen-bond acceptors (Lipinski definition) is 5. The third-order valence-corrected chi connectivity index (χ3v) is 2.84. The van der Waals surface area contributed by atoms with E-state index in [-0.39, 0.29) is 16.9 Å². The second-order valence-corrected chi connectivity index (χ2v) is 4.09. The van der Waals surface area contributed by atoms with Crippen molar-refractivity contribution >= 4 is 22.9 Å². The van der Waals surface area contributed by atoms with E-state index in [0.29, 0.717) is 11.1 Å². The van der Waals surface area contributed by atoms with Crippen LogP contribution in [-0.2, 0) is 4.79 Å². The minimum Gasteiger partial charge on any atom is -0.258 e. The first-order valence-electron chi connectivity index (χ1n) is 5.77. The Morgan fingerprint density at radius 2 is 1.10 bits per heavy atom. The Bertz CT molecular complexity index is 684. The van der Waals surface area contributed by atoms with Gasteiger partial charge in [-0.2, -0.15) is 0 Å². The third-order valence-electron chi connectivity index (χ3n) is 2.84.